The molecule has 1 N–H and O–H groups in total. The van der Waals surface area contributed by atoms with Crippen LogP contribution in [-0.4, -0.2) is 30.5 Å². The summed E-state index contributed by atoms with van der Waals surface area (Å²) in [5, 5.41) is 3.40. The number of carbonyl (C=O) groups excluding carboxylic acids is 2. The van der Waals surface area contributed by atoms with Crippen LogP contribution in [0.25, 0.3) is 0 Å². The number of nitrogens with one attached hydrogen (secondary N) is 1. The lowest BCUT2D eigenvalue weighted by Crippen LogP contribution is -2.34. The predicted octanol–water partition coefficient (Wildman–Crippen LogP) is 3.11. The number of anilines is 1. The number of pyridine rings is 1. The molecular formula is C19H22ClN3O3. The van der Waals surface area contributed by atoms with Crippen molar-refractivity contribution in [2.24, 2.45) is 0 Å². The van der Waals surface area contributed by atoms with Crippen LogP contribution in [0, 0.1) is 6.92 Å². The van der Waals surface area contributed by atoms with Crippen LogP contribution in [0.5, 0.6) is 5.75 Å². The zero-order chi connectivity index (χ0) is 19.1. The van der Waals surface area contributed by atoms with Crippen molar-refractivity contribution < 1.29 is 14.3 Å². The number of carbonyl (C=O) groups is 2. The quantitative estimate of drug-likeness (QED) is 0.807. The largest absolute Gasteiger partial charge is 0.495 e. The van der Waals surface area contributed by atoms with Crippen LogP contribution in [0.4, 0.5) is 5.69 Å². The summed E-state index contributed by atoms with van der Waals surface area (Å²) in [5.41, 5.74) is 2.39. The van der Waals surface area contributed by atoms with Gasteiger partial charge in [-0.05, 0) is 36.2 Å². The van der Waals surface area contributed by atoms with Gasteiger partial charge in [0.05, 0.1) is 12.8 Å². The summed E-state index contributed by atoms with van der Waals surface area (Å²) in [7, 11) is 1.52. The number of benzene rings is 1. The van der Waals surface area contributed by atoms with Crippen molar-refractivity contribution in [1.29, 1.82) is 0 Å². The number of hydrogen-bond donors (Lipinski definition) is 1. The first-order chi connectivity index (χ1) is 12.4. The van der Waals surface area contributed by atoms with E-state index in [4.69, 9.17) is 16.3 Å². The van der Waals surface area contributed by atoms with E-state index < -0.39 is 0 Å². The molecule has 0 fully saturated rings. The van der Waals surface area contributed by atoms with Crippen LogP contribution in [0.2, 0.25) is 5.02 Å². The number of amides is 2. The number of methoxy groups -OCH3 is 1. The summed E-state index contributed by atoms with van der Waals surface area (Å²) in [6, 6.07) is 7.14. The maximum absolute atomic E-state index is 12.1. The number of nitrogens with zero attached hydrogens (tertiary/aromatic N) is 2. The van der Waals surface area contributed by atoms with Gasteiger partial charge < -0.3 is 15.0 Å². The summed E-state index contributed by atoms with van der Waals surface area (Å²) in [6.45, 7) is 3.98. The summed E-state index contributed by atoms with van der Waals surface area (Å²) in [5.74, 6) is 0.178. The second-order valence-electron chi connectivity index (χ2n) is 5.83. The standard InChI is InChI=1S/C19H22ClN3O3/c1-13-10-17(18(26-3)11-16(13)20)23(14(2)24)9-6-19(25)22-12-15-4-7-21-8-5-15/h4-5,7-8,10-11H,6,9,12H2,1-3H3,(H,22,25). The second-order valence-corrected chi connectivity index (χ2v) is 6.23. The number of hydrogen-bond acceptors (Lipinski definition) is 4. The monoisotopic (exact) mass is 375 g/mol. The highest BCUT2D eigenvalue weighted by Crippen LogP contribution is 2.34. The number of halogens is 1. The molecule has 2 amide bonds. The fourth-order valence-electron chi connectivity index (χ4n) is 2.47. The van der Waals surface area contributed by atoms with E-state index in [0.29, 0.717) is 23.0 Å². The van der Waals surface area contributed by atoms with E-state index in [-0.39, 0.29) is 24.8 Å². The van der Waals surface area contributed by atoms with Gasteiger partial charge in [0.15, 0.2) is 0 Å². The van der Waals surface area contributed by atoms with E-state index in [9.17, 15) is 9.59 Å². The lowest BCUT2D eigenvalue weighted by atomic mass is 10.1. The van der Waals surface area contributed by atoms with Gasteiger partial charge in [0.2, 0.25) is 11.8 Å². The Morgan fingerprint density at radius 2 is 1.96 bits per heavy atom. The van der Waals surface area contributed by atoms with Gasteiger partial charge in [-0.3, -0.25) is 14.6 Å². The van der Waals surface area contributed by atoms with Crippen molar-refractivity contribution in [2.75, 3.05) is 18.6 Å². The van der Waals surface area contributed by atoms with E-state index in [2.05, 4.69) is 10.3 Å². The average Bonchev–Trinajstić information content (AvgIpc) is 2.63. The average molecular weight is 376 g/mol. The first-order valence-electron chi connectivity index (χ1n) is 8.20. The molecule has 1 aromatic heterocycles. The Balaban J connectivity index is 2.04. The summed E-state index contributed by atoms with van der Waals surface area (Å²) >= 11 is 6.12. The topological polar surface area (TPSA) is 71.5 Å². The van der Waals surface area contributed by atoms with Gasteiger partial charge in [-0.15, -0.1) is 0 Å². The third kappa shape index (κ3) is 5.20. The Morgan fingerprint density at radius 3 is 2.58 bits per heavy atom. The highest BCUT2D eigenvalue weighted by Gasteiger charge is 2.19. The second kappa shape index (κ2) is 9.20. The van der Waals surface area contributed by atoms with Gasteiger partial charge in [-0.25, -0.2) is 0 Å². The maximum atomic E-state index is 12.1. The minimum atomic E-state index is -0.174. The molecule has 0 aliphatic rings. The highest BCUT2D eigenvalue weighted by molar-refractivity contribution is 6.31. The molecule has 0 saturated carbocycles. The number of aryl methyl sites for hydroxylation is 1. The first-order valence-corrected chi connectivity index (χ1v) is 8.58. The van der Waals surface area contributed by atoms with Crippen molar-refractivity contribution in [3.8, 4) is 5.75 Å². The number of rotatable bonds is 7. The zero-order valence-corrected chi connectivity index (χ0v) is 15.8. The summed E-state index contributed by atoms with van der Waals surface area (Å²) in [6.07, 6.45) is 3.53. The van der Waals surface area contributed by atoms with Crippen molar-refractivity contribution >= 4 is 29.1 Å². The Bertz CT molecular complexity index is 781. The Labute approximate surface area is 158 Å². The molecule has 1 aromatic carbocycles. The van der Waals surface area contributed by atoms with Gasteiger partial charge in [0, 0.05) is 49.9 Å². The SMILES string of the molecule is COc1cc(Cl)c(C)cc1N(CCC(=O)NCc1ccncc1)C(C)=O. The van der Waals surface area contributed by atoms with E-state index in [1.54, 1.807) is 24.5 Å². The molecular weight excluding hydrogens is 354 g/mol. The first kappa shape index (κ1) is 19.7. The van der Waals surface area contributed by atoms with Gasteiger partial charge in [-0.2, -0.15) is 0 Å². The Kier molecular flexibility index (Phi) is 6.97. The van der Waals surface area contributed by atoms with Gasteiger partial charge in [0.25, 0.3) is 0 Å². The third-order valence-electron chi connectivity index (χ3n) is 3.93. The molecule has 26 heavy (non-hydrogen) atoms. The molecule has 0 spiro atoms. The molecule has 2 rings (SSSR count). The smallest absolute Gasteiger partial charge is 0.223 e. The maximum Gasteiger partial charge on any atom is 0.223 e. The fourth-order valence-corrected chi connectivity index (χ4v) is 2.63. The lowest BCUT2D eigenvalue weighted by molar-refractivity contribution is -0.121. The van der Waals surface area contributed by atoms with Gasteiger partial charge in [0.1, 0.15) is 5.75 Å². The summed E-state index contributed by atoms with van der Waals surface area (Å²) in [4.78, 5) is 29.7. The predicted molar refractivity (Wildman–Crippen MR) is 101 cm³/mol. The molecule has 0 radical (unpaired) electrons. The molecule has 0 unspecified atom stereocenters. The fraction of sp³-hybridized carbons (Fsp3) is 0.316. The Morgan fingerprint density at radius 1 is 1.27 bits per heavy atom. The molecule has 0 atom stereocenters. The molecule has 6 nitrogen and oxygen atoms in total. The van der Waals surface area contributed by atoms with Crippen LogP contribution in [0.1, 0.15) is 24.5 Å². The van der Waals surface area contributed by atoms with Crippen LogP contribution < -0.4 is 15.0 Å². The minimum absolute atomic E-state index is 0.141. The van der Waals surface area contributed by atoms with Crippen LogP contribution in [0.3, 0.4) is 0 Å². The minimum Gasteiger partial charge on any atom is -0.495 e. The summed E-state index contributed by atoms with van der Waals surface area (Å²) < 4.78 is 5.34. The molecule has 0 aliphatic carbocycles. The van der Waals surface area contributed by atoms with Crippen molar-refractivity contribution in [3.05, 3.63) is 52.8 Å². The highest BCUT2D eigenvalue weighted by atomic mass is 35.5. The molecule has 0 bridgehead atoms. The normalized spacial score (nSPS) is 10.3. The number of aromatic nitrogens is 1. The van der Waals surface area contributed by atoms with E-state index in [0.717, 1.165) is 11.1 Å². The lowest BCUT2D eigenvalue weighted by Gasteiger charge is -2.24. The van der Waals surface area contributed by atoms with E-state index in [1.165, 1.54) is 18.9 Å². The van der Waals surface area contributed by atoms with Crippen molar-refractivity contribution in [1.82, 2.24) is 10.3 Å². The third-order valence-corrected chi connectivity index (χ3v) is 4.34. The number of ether oxygens (including phenoxy) is 1. The van der Waals surface area contributed by atoms with E-state index >= 15 is 0 Å². The van der Waals surface area contributed by atoms with Crippen LogP contribution >= 0.6 is 11.6 Å². The van der Waals surface area contributed by atoms with E-state index in [1.807, 2.05) is 19.1 Å². The molecule has 2 aromatic rings. The zero-order valence-electron chi connectivity index (χ0n) is 15.1. The van der Waals surface area contributed by atoms with Crippen molar-refractivity contribution in [2.45, 2.75) is 26.8 Å². The molecule has 0 saturated heterocycles. The van der Waals surface area contributed by atoms with Crippen LogP contribution in [0.15, 0.2) is 36.7 Å². The van der Waals surface area contributed by atoms with Gasteiger partial charge >= 0.3 is 0 Å². The Hall–Kier alpha value is -2.60. The molecule has 138 valence electrons. The molecule has 1 heterocycles. The molecule has 0 aliphatic heterocycles. The van der Waals surface area contributed by atoms with Gasteiger partial charge in [-0.1, -0.05) is 11.6 Å². The van der Waals surface area contributed by atoms with Crippen molar-refractivity contribution in [3.63, 3.8) is 0 Å². The van der Waals surface area contributed by atoms with Crippen LogP contribution in [-0.2, 0) is 16.1 Å². The molecule has 7 heteroatoms.